The second-order valence-corrected chi connectivity index (χ2v) is 6.46. The van der Waals surface area contributed by atoms with Crippen LogP contribution in [0.5, 0.6) is 5.75 Å². The molecule has 2 atom stereocenters. The van der Waals surface area contributed by atoms with Crippen molar-refractivity contribution in [3.05, 3.63) is 54.1 Å². The number of carboxylic acids is 1. The summed E-state index contributed by atoms with van der Waals surface area (Å²) in [6.45, 7) is 1.40. The fourth-order valence-electron chi connectivity index (χ4n) is 2.24. The van der Waals surface area contributed by atoms with E-state index in [4.69, 9.17) is 4.74 Å². The van der Waals surface area contributed by atoms with E-state index in [0.29, 0.717) is 21.9 Å². The minimum atomic E-state index is -1.61. The third-order valence-corrected chi connectivity index (χ3v) is 4.83. The van der Waals surface area contributed by atoms with Gasteiger partial charge in [0.25, 0.3) is 0 Å². The summed E-state index contributed by atoms with van der Waals surface area (Å²) in [5.74, 6) is -0.908. The molecule has 0 bridgehead atoms. The van der Waals surface area contributed by atoms with Crippen LogP contribution in [-0.4, -0.2) is 35.3 Å². The Morgan fingerprint density at radius 2 is 1.77 bits per heavy atom. The molecule has 0 aliphatic carbocycles. The summed E-state index contributed by atoms with van der Waals surface area (Å²) in [7, 11) is 1.54. The fourth-order valence-corrected chi connectivity index (χ4v) is 3.45. The third-order valence-electron chi connectivity index (χ3n) is 3.44. The van der Waals surface area contributed by atoms with Crippen LogP contribution in [-0.2, 0) is 9.59 Å². The molecule has 0 saturated carbocycles. The Balaban J connectivity index is 0.00000338. The predicted octanol–water partition coefficient (Wildman–Crippen LogP) is 0.0490. The number of aliphatic carboxylic acids is 1. The van der Waals surface area contributed by atoms with Crippen molar-refractivity contribution >= 4 is 29.3 Å². The minimum absolute atomic E-state index is 0. The number of methoxy groups -OCH3 is 1. The molecule has 134 valence electrons. The smallest absolute Gasteiger partial charge is 1.00 e. The van der Waals surface area contributed by atoms with Gasteiger partial charge < -0.3 is 21.7 Å². The minimum Gasteiger partial charge on any atom is -1.00 e. The molecule has 1 amide bonds. The van der Waals surface area contributed by atoms with Crippen LogP contribution in [0.4, 0.5) is 5.69 Å². The Kier molecular flexibility index (Phi) is 9.18. The first-order chi connectivity index (χ1) is 11.9. The summed E-state index contributed by atoms with van der Waals surface area (Å²) in [6, 6.07) is 13.9. The van der Waals surface area contributed by atoms with E-state index in [1.165, 1.54) is 25.8 Å². The molecule has 0 aromatic heterocycles. The van der Waals surface area contributed by atoms with E-state index >= 15 is 0 Å². The van der Waals surface area contributed by atoms with E-state index in [9.17, 15) is 19.8 Å². The standard InChI is InChI=1S/C18H19NO5S.Na.H/c1-11(20)19-14-5-3-4-6-15(14)25-17(16(21)18(22)23)12-7-9-13(24-2)10-8-12;;/h3-10,16-17,21H,1-2H3,(H,19,20)(H,22,23);;/q;+1;-1/t16-,17+;;/m0../s1. The van der Waals surface area contributed by atoms with Gasteiger partial charge in [0, 0.05) is 11.8 Å². The molecule has 0 aliphatic rings. The number of nitrogens with one attached hydrogen (secondary N) is 1. The van der Waals surface area contributed by atoms with E-state index in [1.54, 1.807) is 48.5 Å². The Bertz CT molecular complexity index is 760. The van der Waals surface area contributed by atoms with Gasteiger partial charge in [0.15, 0.2) is 6.10 Å². The number of aliphatic hydroxyl groups excluding tert-OH is 1. The van der Waals surface area contributed by atoms with E-state index in [2.05, 4.69) is 5.32 Å². The van der Waals surface area contributed by atoms with Gasteiger partial charge in [-0.15, -0.1) is 11.8 Å². The van der Waals surface area contributed by atoms with E-state index < -0.39 is 17.3 Å². The molecule has 0 radical (unpaired) electrons. The Labute approximate surface area is 179 Å². The molecule has 2 rings (SSSR count). The van der Waals surface area contributed by atoms with Crippen molar-refractivity contribution in [2.75, 3.05) is 12.4 Å². The Hall–Kier alpha value is -1.51. The van der Waals surface area contributed by atoms with Crippen LogP contribution in [0.1, 0.15) is 19.2 Å². The zero-order valence-corrected chi connectivity index (χ0v) is 17.6. The van der Waals surface area contributed by atoms with Crippen molar-refractivity contribution in [3.63, 3.8) is 0 Å². The first-order valence-electron chi connectivity index (χ1n) is 7.50. The molecule has 2 aromatic carbocycles. The van der Waals surface area contributed by atoms with Crippen molar-refractivity contribution < 1.29 is 55.5 Å². The topological polar surface area (TPSA) is 95.9 Å². The predicted molar refractivity (Wildman–Crippen MR) is 97.1 cm³/mol. The molecule has 2 aromatic rings. The van der Waals surface area contributed by atoms with Crippen molar-refractivity contribution in [1.29, 1.82) is 0 Å². The number of benzene rings is 2. The van der Waals surface area contributed by atoms with Gasteiger partial charge in [0.2, 0.25) is 5.91 Å². The summed E-state index contributed by atoms with van der Waals surface area (Å²) >= 11 is 1.17. The van der Waals surface area contributed by atoms with Gasteiger partial charge in [-0.3, -0.25) is 4.79 Å². The second kappa shape index (κ2) is 10.6. The molecule has 26 heavy (non-hydrogen) atoms. The quantitative estimate of drug-likeness (QED) is 0.460. The molecule has 0 heterocycles. The maximum Gasteiger partial charge on any atom is 1.00 e. The van der Waals surface area contributed by atoms with Crippen LogP contribution in [0.3, 0.4) is 0 Å². The number of ether oxygens (including phenoxy) is 1. The van der Waals surface area contributed by atoms with Gasteiger partial charge in [0.05, 0.1) is 18.0 Å². The monoisotopic (exact) mass is 385 g/mol. The second-order valence-electron chi connectivity index (χ2n) is 5.27. The number of carbonyl (C=O) groups excluding carboxylic acids is 1. The number of aliphatic hydroxyl groups is 1. The number of hydrogen-bond acceptors (Lipinski definition) is 5. The molecule has 3 N–H and O–H groups in total. The third kappa shape index (κ3) is 6.03. The molecular weight excluding hydrogens is 365 g/mol. The van der Waals surface area contributed by atoms with Gasteiger partial charge in [-0.1, -0.05) is 24.3 Å². The number of para-hydroxylation sites is 1. The van der Waals surface area contributed by atoms with E-state index in [-0.39, 0.29) is 36.9 Å². The van der Waals surface area contributed by atoms with Gasteiger partial charge in [0.1, 0.15) is 5.75 Å². The normalized spacial score (nSPS) is 12.4. The van der Waals surface area contributed by atoms with Crippen LogP contribution in [0, 0.1) is 0 Å². The molecule has 0 aliphatic heterocycles. The maximum atomic E-state index is 11.4. The zero-order chi connectivity index (χ0) is 18.4. The number of anilines is 1. The number of carboxylic acid groups (broad SMARTS) is 1. The van der Waals surface area contributed by atoms with Crippen molar-refractivity contribution in [2.24, 2.45) is 0 Å². The van der Waals surface area contributed by atoms with E-state index in [0.717, 1.165) is 0 Å². The summed E-state index contributed by atoms with van der Waals surface area (Å²) < 4.78 is 5.10. The molecule has 0 fully saturated rings. The van der Waals surface area contributed by atoms with Crippen molar-refractivity contribution in [2.45, 2.75) is 23.2 Å². The van der Waals surface area contributed by atoms with Gasteiger partial charge in [-0.25, -0.2) is 4.79 Å². The molecule has 0 spiro atoms. The van der Waals surface area contributed by atoms with Gasteiger partial charge in [-0.05, 0) is 29.8 Å². The number of rotatable bonds is 7. The average molecular weight is 385 g/mol. The average Bonchev–Trinajstić information content (AvgIpc) is 2.60. The van der Waals surface area contributed by atoms with Crippen LogP contribution in [0.2, 0.25) is 0 Å². The van der Waals surface area contributed by atoms with Crippen LogP contribution in [0.25, 0.3) is 0 Å². The number of hydrogen-bond donors (Lipinski definition) is 3. The number of amides is 1. The Morgan fingerprint density at radius 1 is 1.15 bits per heavy atom. The molecular formula is C18H20NNaO5S. The van der Waals surface area contributed by atoms with Gasteiger partial charge in [-0.2, -0.15) is 0 Å². The summed E-state index contributed by atoms with van der Waals surface area (Å²) in [5, 5.41) is 21.4. The van der Waals surface area contributed by atoms with Crippen LogP contribution < -0.4 is 39.6 Å². The van der Waals surface area contributed by atoms with Crippen LogP contribution in [0.15, 0.2) is 53.4 Å². The molecule has 6 nitrogen and oxygen atoms in total. The molecule has 8 heteroatoms. The van der Waals surface area contributed by atoms with Gasteiger partial charge >= 0.3 is 35.5 Å². The summed E-state index contributed by atoms with van der Waals surface area (Å²) in [5.41, 5.74) is 1.20. The maximum absolute atomic E-state index is 11.4. The summed E-state index contributed by atoms with van der Waals surface area (Å²) in [4.78, 5) is 23.4. The Morgan fingerprint density at radius 3 is 2.31 bits per heavy atom. The van der Waals surface area contributed by atoms with E-state index in [1.807, 2.05) is 0 Å². The zero-order valence-electron chi connectivity index (χ0n) is 15.8. The SMILES string of the molecule is COc1ccc([C@@H](Sc2ccccc2NC(C)=O)[C@H](O)C(=O)O)cc1.[H-].[Na+]. The van der Waals surface area contributed by atoms with Crippen LogP contribution >= 0.6 is 11.8 Å². The number of carbonyl (C=O) groups is 2. The molecule has 0 saturated heterocycles. The fraction of sp³-hybridized carbons (Fsp3) is 0.222. The van der Waals surface area contributed by atoms with Crippen molar-refractivity contribution in [3.8, 4) is 5.75 Å². The summed E-state index contributed by atoms with van der Waals surface area (Å²) in [6.07, 6.45) is -1.61. The molecule has 0 unspecified atom stereocenters. The number of thioether (sulfide) groups is 1. The largest absolute Gasteiger partial charge is 1.00 e. The first-order valence-corrected chi connectivity index (χ1v) is 8.38. The van der Waals surface area contributed by atoms with Crippen molar-refractivity contribution in [1.82, 2.24) is 0 Å². The first kappa shape index (κ1) is 22.5.